The Balaban J connectivity index is 2.40. The van der Waals surface area contributed by atoms with Gasteiger partial charge in [0.1, 0.15) is 0 Å². The number of ether oxygens (including phenoxy) is 1. The molecule has 0 aliphatic carbocycles. The number of sulfonamides is 1. The minimum atomic E-state index is -3.20. The first-order valence-electron chi connectivity index (χ1n) is 6.60. The van der Waals surface area contributed by atoms with Crippen LogP contribution in [-0.4, -0.2) is 55.5 Å². The molecule has 0 spiro atoms. The van der Waals surface area contributed by atoms with Crippen molar-refractivity contribution in [2.24, 2.45) is 5.92 Å². The fraction of sp³-hybridized carbons (Fsp3) is 1.00. The highest BCUT2D eigenvalue weighted by Crippen LogP contribution is 2.22. The van der Waals surface area contributed by atoms with Gasteiger partial charge in [-0.2, -0.15) is 0 Å². The Morgan fingerprint density at radius 3 is 2.28 bits per heavy atom. The van der Waals surface area contributed by atoms with Gasteiger partial charge in [0.15, 0.2) is 0 Å². The van der Waals surface area contributed by atoms with Crippen LogP contribution < -0.4 is 0 Å². The molecule has 0 amide bonds. The molecule has 1 saturated heterocycles. The van der Waals surface area contributed by atoms with E-state index in [2.05, 4.69) is 0 Å². The van der Waals surface area contributed by atoms with E-state index in [4.69, 9.17) is 4.74 Å². The Morgan fingerprint density at radius 2 is 1.83 bits per heavy atom. The Morgan fingerprint density at radius 1 is 1.28 bits per heavy atom. The second-order valence-electron chi connectivity index (χ2n) is 5.21. The van der Waals surface area contributed by atoms with Gasteiger partial charge in [0.05, 0.1) is 24.6 Å². The lowest BCUT2D eigenvalue weighted by molar-refractivity contribution is 0.0858. The molecular weight excluding hydrogens is 254 g/mol. The third kappa shape index (κ3) is 4.84. The molecule has 0 aromatic rings. The highest BCUT2D eigenvalue weighted by atomic mass is 32.2. The maximum atomic E-state index is 12.0. The molecule has 1 rings (SSSR count). The lowest BCUT2D eigenvalue weighted by Crippen LogP contribution is -2.42. The van der Waals surface area contributed by atoms with Crippen LogP contribution in [0.5, 0.6) is 0 Å². The molecule has 0 aromatic heterocycles. The first-order chi connectivity index (χ1) is 8.33. The van der Waals surface area contributed by atoms with Crippen LogP contribution in [0.25, 0.3) is 0 Å². The fourth-order valence-electron chi connectivity index (χ4n) is 2.15. The standard InChI is InChI=1S/C12H25NO4S/c1-10(2)17-8-9-18(15,16)13-6-4-12(5-7-13)11(3)14/h10-12,14H,4-9H2,1-3H3. The summed E-state index contributed by atoms with van der Waals surface area (Å²) in [5.74, 6) is 0.271. The molecule has 108 valence electrons. The van der Waals surface area contributed by atoms with Crippen LogP contribution in [0.3, 0.4) is 0 Å². The van der Waals surface area contributed by atoms with Gasteiger partial charge in [-0.1, -0.05) is 0 Å². The van der Waals surface area contributed by atoms with Crippen LogP contribution in [0.1, 0.15) is 33.6 Å². The van der Waals surface area contributed by atoms with Gasteiger partial charge in [0.25, 0.3) is 0 Å². The zero-order valence-electron chi connectivity index (χ0n) is 11.5. The van der Waals surface area contributed by atoms with Gasteiger partial charge in [-0.25, -0.2) is 12.7 Å². The smallest absolute Gasteiger partial charge is 0.216 e. The third-order valence-electron chi connectivity index (χ3n) is 3.37. The van der Waals surface area contributed by atoms with E-state index in [1.165, 1.54) is 4.31 Å². The predicted molar refractivity (Wildman–Crippen MR) is 70.9 cm³/mol. The largest absolute Gasteiger partial charge is 0.393 e. The van der Waals surface area contributed by atoms with Gasteiger partial charge in [-0.3, -0.25) is 0 Å². The molecule has 1 unspecified atom stereocenters. The summed E-state index contributed by atoms with van der Waals surface area (Å²) in [4.78, 5) is 0. The number of hydrogen-bond donors (Lipinski definition) is 1. The minimum absolute atomic E-state index is 0.0462. The number of rotatable bonds is 6. The van der Waals surface area contributed by atoms with Gasteiger partial charge < -0.3 is 9.84 Å². The van der Waals surface area contributed by atoms with Crippen molar-refractivity contribution in [3.63, 3.8) is 0 Å². The number of nitrogens with zero attached hydrogens (tertiary/aromatic N) is 1. The van der Waals surface area contributed by atoms with E-state index < -0.39 is 10.0 Å². The molecule has 1 atom stereocenters. The minimum Gasteiger partial charge on any atom is -0.393 e. The molecular formula is C12H25NO4S. The van der Waals surface area contributed by atoms with Gasteiger partial charge >= 0.3 is 0 Å². The molecule has 1 aliphatic rings. The zero-order valence-corrected chi connectivity index (χ0v) is 12.3. The maximum absolute atomic E-state index is 12.0. The van der Waals surface area contributed by atoms with Crippen molar-refractivity contribution in [2.75, 3.05) is 25.4 Å². The Labute approximate surface area is 110 Å². The van der Waals surface area contributed by atoms with Crippen LogP contribution in [0.15, 0.2) is 0 Å². The summed E-state index contributed by atoms with van der Waals surface area (Å²) in [6.07, 6.45) is 1.18. The zero-order chi connectivity index (χ0) is 13.8. The van der Waals surface area contributed by atoms with E-state index in [1.54, 1.807) is 6.92 Å². The molecule has 1 N–H and O–H groups in total. The molecule has 5 nitrogen and oxygen atoms in total. The monoisotopic (exact) mass is 279 g/mol. The molecule has 1 aliphatic heterocycles. The molecule has 0 saturated carbocycles. The third-order valence-corrected chi connectivity index (χ3v) is 5.20. The van der Waals surface area contributed by atoms with Crippen LogP contribution in [0.4, 0.5) is 0 Å². The second-order valence-corrected chi connectivity index (χ2v) is 7.30. The van der Waals surface area contributed by atoms with Gasteiger partial charge in [0.2, 0.25) is 10.0 Å². The number of hydrogen-bond acceptors (Lipinski definition) is 4. The van der Waals surface area contributed by atoms with E-state index in [0.29, 0.717) is 13.1 Å². The Kier molecular flexibility index (Phi) is 6.04. The molecule has 18 heavy (non-hydrogen) atoms. The van der Waals surface area contributed by atoms with Crippen molar-refractivity contribution in [1.29, 1.82) is 0 Å². The Bertz CT molecular complexity index is 332. The fourth-order valence-corrected chi connectivity index (χ4v) is 3.49. The summed E-state index contributed by atoms with van der Waals surface area (Å²) in [5.41, 5.74) is 0. The Hall–Kier alpha value is -0.170. The van der Waals surface area contributed by atoms with Crippen LogP contribution >= 0.6 is 0 Å². The lowest BCUT2D eigenvalue weighted by Gasteiger charge is -2.32. The van der Waals surface area contributed by atoms with E-state index in [1.807, 2.05) is 13.8 Å². The van der Waals surface area contributed by atoms with Crippen molar-refractivity contribution < 1.29 is 18.3 Å². The van der Waals surface area contributed by atoms with E-state index in [0.717, 1.165) is 12.8 Å². The van der Waals surface area contributed by atoms with Gasteiger partial charge in [-0.05, 0) is 39.5 Å². The molecule has 0 radical (unpaired) electrons. The van der Waals surface area contributed by atoms with Crippen molar-refractivity contribution in [3.8, 4) is 0 Å². The molecule has 0 bridgehead atoms. The molecule has 1 fully saturated rings. The highest BCUT2D eigenvalue weighted by molar-refractivity contribution is 7.89. The summed E-state index contributed by atoms with van der Waals surface area (Å²) in [7, 11) is -3.20. The molecule has 0 aromatic carbocycles. The van der Waals surface area contributed by atoms with E-state index in [-0.39, 0.29) is 30.5 Å². The average Bonchev–Trinajstić information content (AvgIpc) is 2.28. The summed E-state index contributed by atoms with van der Waals surface area (Å²) < 4.78 is 30.9. The average molecular weight is 279 g/mol. The van der Waals surface area contributed by atoms with Crippen molar-refractivity contribution >= 4 is 10.0 Å². The molecule has 1 heterocycles. The lowest BCUT2D eigenvalue weighted by atomic mass is 9.93. The van der Waals surface area contributed by atoms with Crippen molar-refractivity contribution in [1.82, 2.24) is 4.31 Å². The first kappa shape index (κ1) is 15.9. The highest BCUT2D eigenvalue weighted by Gasteiger charge is 2.29. The molecule has 6 heteroatoms. The van der Waals surface area contributed by atoms with E-state index in [9.17, 15) is 13.5 Å². The topological polar surface area (TPSA) is 66.8 Å². The summed E-state index contributed by atoms with van der Waals surface area (Å²) in [5, 5.41) is 9.48. The second kappa shape index (κ2) is 6.84. The maximum Gasteiger partial charge on any atom is 0.216 e. The quantitative estimate of drug-likeness (QED) is 0.782. The number of aliphatic hydroxyl groups is 1. The predicted octanol–water partition coefficient (Wildman–Crippen LogP) is 0.834. The van der Waals surface area contributed by atoms with Gasteiger partial charge in [0, 0.05) is 13.1 Å². The van der Waals surface area contributed by atoms with Crippen LogP contribution in [0, 0.1) is 5.92 Å². The number of piperidine rings is 1. The van der Waals surface area contributed by atoms with Crippen molar-refractivity contribution in [3.05, 3.63) is 0 Å². The van der Waals surface area contributed by atoms with E-state index >= 15 is 0 Å². The summed E-state index contributed by atoms with van der Waals surface area (Å²) >= 11 is 0. The van der Waals surface area contributed by atoms with Crippen molar-refractivity contribution in [2.45, 2.75) is 45.8 Å². The SMILES string of the molecule is CC(C)OCCS(=O)(=O)N1CCC(C(C)O)CC1. The normalized spacial score (nSPS) is 21.4. The summed E-state index contributed by atoms with van der Waals surface area (Å²) in [6.45, 7) is 6.82. The van der Waals surface area contributed by atoms with Gasteiger partial charge in [-0.15, -0.1) is 0 Å². The van der Waals surface area contributed by atoms with Crippen LogP contribution in [-0.2, 0) is 14.8 Å². The number of aliphatic hydroxyl groups excluding tert-OH is 1. The van der Waals surface area contributed by atoms with Crippen LogP contribution in [0.2, 0.25) is 0 Å². The summed E-state index contributed by atoms with van der Waals surface area (Å²) in [6, 6.07) is 0. The first-order valence-corrected chi connectivity index (χ1v) is 8.21.